The highest BCUT2D eigenvalue weighted by Crippen LogP contribution is 2.51. The van der Waals surface area contributed by atoms with Crippen LogP contribution in [0.25, 0.3) is 0 Å². The van der Waals surface area contributed by atoms with Gasteiger partial charge in [0.05, 0.1) is 6.10 Å². The van der Waals surface area contributed by atoms with Crippen molar-refractivity contribution in [1.82, 2.24) is 5.32 Å². The number of nitrogens with one attached hydrogen (secondary N) is 1. The molecule has 2 N–H and O–H groups in total. The molecule has 2 saturated carbocycles. The van der Waals surface area contributed by atoms with Gasteiger partial charge in [-0.05, 0) is 25.7 Å². The van der Waals surface area contributed by atoms with Crippen molar-refractivity contribution in [2.24, 2.45) is 11.3 Å². The van der Waals surface area contributed by atoms with Gasteiger partial charge < -0.3 is 15.2 Å². The molecule has 2 aliphatic rings. The number of carbonyl (C=O) groups excluding carboxylic acids is 1. The van der Waals surface area contributed by atoms with E-state index in [2.05, 4.69) is 5.32 Å². The number of rotatable bonds is 8. The second kappa shape index (κ2) is 7.20. The van der Waals surface area contributed by atoms with E-state index in [0.717, 1.165) is 18.8 Å². The predicted octanol–water partition coefficient (Wildman–Crippen LogP) is 3.12. The van der Waals surface area contributed by atoms with Crippen LogP contribution in [0, 0.1) is 11.3 Å². The van der Waals surface area contributed by atoms with E-state index in [-0.39, 0.29) is 12.0 Å². The monoisotopic (exact) mass is 325 g/mol. The summed E-state index contributed by atoms with van der Waals surface area (Å²) in [5, 5.41) is 12.5. The second-order valence-electron chi connectivity index (χ2n) is 7.67. The Kier molecular flexibility index (Phi) is 5.71. The molecular weight excluding hydrogens is 294 g/mol. The highest BCUT2D eigenvalue weighted by Gasteiger charge is 2.66. The van der Waals surface area contributed by atoms with Crippen molar-refractivity contribution in [3.63, 3.8) is 0 Å². The van der Waals surface area contributed by atoms with E-state index in [1.807, 2.05) is 20.8 Å². The summed E-state index contributed by atoms with van der Waals surface area (Å²) in [4.78, 5) is 24.1. The molecular formula is C18H31NO4. The average molecular weight is 325 g/mol. The summed E-state index contributed by atoms with van der Waals surface area (Å²) < 4.78 is 5.61. The van der Waals surface area contributed by atoms with E-state index < -0.39 is 16.9 Å². The van der Waals surface area contributed by atoms with E-state index in [9.17, 15) is 14.7 Å². The molecule has 0 radical (unpaired) electrons. The number of carbonyl (C=O) groups is 2. The summed E-state index contributed by atoms with van der Waals surface area (Å²) in [7, 11) is 0. The molecule has 0 bridgehead atoms. The van der Waals surface area contributed by atoms with Gasteiger partial charge in [0.1, 0.15) is 5.54 Å². The lowest BCUT2D eigenvalue weighted by Gasteiger charge is -2.58. The number of hydrogen-bond acceptors (Lipinski definition) is 3. The van der Waals surface area contributed by atoms with Gasteiger partial charge in [-0.1, -0.05) is 39.5 Å². The van der Waals surface area contributed by atoms with Crippen LogP contribution in [0.3, 0.4) is 0 Å². The third-order valence-electron chi connectivity index (χ3n) is 5.97. The maximum absolute atomic E-state index is 12.3. The molecule has 23 heavy (non-hydrogen) atoms. The Balaban J connectivity index is 1.87. The fourth-order valence-electron chi connectivity index (χ4n) is 4.19. The van der Waals surface area contributed by atoms with Gasteiger partial charge in [0.2, 0.25) is 5.91 Å². The van der Waals surface area contributed by atoms with Crippen LogP contribution in [0.5, 0.6) is 0 Å². The highest BCUT2D eigenvalue weighted by molar-refractivity contribution is 5.89. The fraction of sp³-hybridized carbons (Fsp3) is 0.889. The van der Waals surface area contributed by atoms with Gasteiger partial charge in [0.15, 0.2) is 0 Å². The fourth-order valence-corrected chi connectivity index (χ4v) is 4.19. The Morgan fingerprint density at radius 3 is 2.43 bits per heavy atom. The average Bonchev–Trinajstić information content (AvgIpc) is 2.98. The van der Waals surface area contributed by atoms with E-state index in [1.54, 1.807) is 0 Å². The first-order chi connectivity index (χ1) is 10.8. The lowest BCUT2D eigenvalue weighted by Crippen LogP contribution is -2.76. The summed E-state index contributed by atoms with van der Waals surface area (Å²) in [5.74, 6) is -0.338. The molecule has 0 aromatic carbocycles. The Labute approximate surface area is 139 Å². The molecule has 0 saturated heterocycles. The second-order valence-corrected chi connectivity index (χ2v) is 7.67. The van der Waals surface area contributed by atoms with Crippen LogP contribution in [0.2, 0.25) is 0 Å². The van der Waals surface area contributed by atoms with E-state index in [1.165, 1.54) is 25.7 Å². The van der Waals surface area contributed by atoms with Crippen LogP contribution in [0.4, 0.5) is 0 Å². The maximum atomic E-state index is 12.3. The van der Waals surface area contributed by atoms with Gasteiger partial charge >= 0.3 is 5.97 Å². The van der Waals surface area contributed by atoms with Crippen molar-refractivity contribution in [3.05, 3.63) is 0 Å². The Morgan fingerprint density at radius 2 is 1.91 bits per heavy atom. The van der Waals surface area contributed by atoms with Crippen LogP contribution >= 0.6 is 0 Å². The zero-order chi connectivity index (χ0) is 17.1. The molecule has 5 heteroatoms. The van der Waals surface area contributed by atoms with Crippen molar-refractivity contribution >= 4 is 11.9 Å². The Morgan fingerprint density at radius 1 is 1.26 bits per heavy atom. The van der Waals surface area contributed by atoms with Gasteiger partial charge in [-0.2, -0.15) is 0 Å². The maximum Gasteiger partial charge on any atom is 0.330 e. The molecule has 132 valence electrons. The van der Waals surface area contributed by atoms with Crippen LogP contribution in [0.1, 0.15) is 72.1 Å². The van der Waals surface area contributed by atoms with Crippen molar-refractivity contribution in [2.45, 2.75) is 83.8 Å². The molecule has 5 nitrogen and oxygen atoms in total. The zero-order valence-corrected chi connectivity index (χ0v) is 14.7. The molecule has 2 fully saturated rings. The molecule has 0 spiro atoms. The number of carboxylic acid groups (broad SMARTS) is 1. The first-order valence-corrected chi connectivity index (χ1v) is 8.99. The van der Waals surface area contributed by atoms with Crippen molar-refractivity contribution in [1.29, 1.82) is 0 Å². The molecule has 0 aliphatic heterocycles. The Hall–Kier alpha value is -1.10. The van der Waals surface area contributed by atoms with Gasteiger partial charge in [0, 0.05) is 24.9 Å². The number of aliphatic carboxylic acids is 1. The minimum Gasteiger partial charge on any atom is -0.479 e. The number of ether oxygens (including phenoxy) is 1. The van der Waals surface area contributed by atoms with Gasteiger partial charge in [-0.15, -0.1) is 0 Å². The lowest BCUT2D eigenvalue weighted by molar-refractivity contribution is -0.194. The lowest BCUT2D eigenvalue weighted by atomic mass is 9.54. The summed E-state index contributed by atoms with van der Waals surface area (Å²) in [5.41, 5.74) is -1.80. The third-order valence-corrected chi connectivity index (χ3v) is 5.97. The van der Waals surface area contributed by atoms with E-state index in [4.69, 9.17) is 4.74 Å². The molecule has 0 aromatic rings. The minimum absolute atomic E-state index is 0.123. The van der Waals surface area contributed by atoms with Gasteiger partial charge in [-0.25, -0.2) is 4.79 Å². The molecule has 2 atom stereocenters. The van der Waals surface area contributed by atoms with Crippen molar-refractivity contribution in [3.8, 4) is 0 Å². The van der Waals surface area contributed by atoms with Gasteiger partial charge in [0.25, 0.3) is 0 Å². The van der Waals surface area contributed by atoms with Crippen molar-refractivity contribution < 1.29 is 19.4 Å². The molecule has 2 unspecified atom stereocenters. The zero-order valence-electron chi connectivity index (χ0n) is 14.7. The van der Waals surface area contributed by atoms with Gasteiger partial charge in [-0.3, -0.25) is 4.79 Å². The largest absolute Gasteiger partial charge is 0.479 e. The van der Waals surface area contributed by atoms with E-state index in [0.29, 0.717) is 19.4 Å². The summed E-state index contributed by atoms with van der Waals surface area (Å²) in [6.07, 6.45) is 7.76. The van der Waals surface area contributed by atoms with Crippen molar-refractivity contribution in [2.75, 3.05) is 6.61 Å². The SMILES string of the molecule is CCOC1CC(NC(=O)CCCC2CCCC2)(C(=O)O)C1(C)C. The van der Waals surface area contributed by atoms with Crippen LogP contribution in [-0.2, 0) is 14.3 Å². The summed E-state index contributed by atoms with van der Waals surface area (Å²) in [6, 6.07) is 0. The summed E-state index contributed by atoms with van der Waals surface area (Å²) in [6.45, 7) is 6.19. The van der Waals surface area contributed by atoms with Crippen LogP contribution in [0.15, 0.2) is 0 Å². The minimum atomic E-state index is -1.20. The molecule has 1 amide bonds. The van der Waals surface area contributed by atoms with Crippen LogP contribution in [-0.4, -0.2) is 35.2 Å². The van der Waals surface area contributed by atoms with E-state index >= 15 is 0 Å². The number of hydrogen-bond donors (Lipinski definition) is 2. The molecule has 2 aliphatic carbocycles. The quantitative estimate of drug-likeness (QED) is 0.719. The number of carboxylic acids is 1. The predicted molar refractivity (Wildman–Crippen MR) is 88.1 cm³/mol. The summed E-state index contributed by atoms with van der Waals surface area (Å²) >= 11 is 0. The highest BCUT2D eigenvalue weighted by atomic mass is 16.5. The molecule has 0 heterocycles. The number of amides is 1. The molecule has 0 aromatic heterocycles. The first-order valence-electron chi connectivity index (χ1n) is 8.99. The van der Waals surface area contributed by atoms with Crippen LogP contribution < -0.4 is 5.32 Å². The topological polar surface area (TPSA) is 75.6 Å². The smallest absolute Gasteiger partial charge is 0.330 e. The first kappa shape index (κ1) is 18.2. The Bertz CT molecular complexity index is 442. The normalized spacial score (nSPS) is 30.0. The molecule has 2 rings (SSSR count). The standard InChI is InChI=1S/C18H31NO4/c1-4-23-14-12-18(16(21)22,17(14,2)3)19-15(20)11-7-10-13-8-5-6-9-13/h13-14H,4-12H2,1-3H3,(H,19,20)(H,21,22). The third kappa shape index (κ3) is 3.54.